The number of benzene rings is 1. The van der Waals surface area contributed by atoms with E-state index in [2.05, 4.69) is 18.0 Å². The highest BCUT2D eigenvalue weighted by Crippen LogP contribution is 2.48. The highest BCUT2D eigenvalue weighted by atomic mass is 16.5. The predicted octanol–water partition coefficient (Wildman–Crippen LogP) is 3.49. The maximum atomic E-state index is 9.84. The fourth-order valence-corrected chi connectivity index (χ4v) is 4.07. The zero-order valence-corrected chi connectivity index (χ0v) is 16.5. The summed E-state index contributed by atoms with van der Waals surface area (Å²) in [5.41, 5.74) is 10.6. The SMILES string of the molecule is CCc1nn(C2CC2)c2c1C(c1ccc(-n3ccnc3C)cc1)C(C#N)=C(N)O2. The Balaban J connectivity index is 1.64. The second kappa shape index (κ2) is 6.52. The summed E-state index contributed by atoms with van der Waals surface area (Å²) in [5, 5.41) is 14.7. The molecule has 1 unspecified atom stereocenters. The first kappa shape index (κ1) is 17.6. The molecule has 2 N–H and O–H groups in total. The number of fused-ring (bicyclic) bond motifs is 1. The van der Waals surface area contributed by atoms with Gasteiger partial charge in [0.2, 0.25) is 11.8 Å². The normalized spacial score (nSPS) is 18.3. The van der Waals surface area contributed by atoms with Crippen LogP contribution in [0.3, 0.4) is 0 Å². The molecule has 0 amide bonds. The average Bonchev–Trinajstić information content (AvgIpc) is 3.39. The molecule has 2 aromatic heterocycles. The van der Waals surface area contributed by atoms with E-state index in [1.165, 1.54) is 0 Å². The molecule has 1 fully saturated rings. The second-order valence-electron chi connectivity index (χ2n) is 7.56. The van der Waals surface area contributed by atoms with Gasteiger partial charge in [-0.3, -0.25) is 0 Å². The number of ether oxygens (including phenoxy) is 1. The lowest BCUT2D eigenvalue weighted by Crippen LogP contribution is -2.22. The third-order valence-corrected chi connectivity index (χ3v) is 5.71. The van der Waals surface area contributed by atoms with Crippen LogP contribution in [0.1, 0.15) is 54.4 Å². The summed E-state index contributed by atoms with van der Waals surface area (Å²) in [6.45, 7) is 4.05. The van der Waals surface area contributed by atoms with Crippen LogP contribution in [-0.4, -0.2) is 19.3 Å². The highest BCUT2D eigenvalue weighted by Gasteiger charge is 2.39. The van der Waals surface area contributed by atoms with Crippen molar-refractivity contribution >= 4 is 0 Å². The molecule has 2 aliphatic rings. The number of hydrogen-bond donors (Lipinski definition) is 1. The van der Waals surface area contributed by atoms with Gasteiger partial charge in [0.25, 0.3) is 0 Å². The van der Waals surface area contributed by atoms with E-state index >= 15 is 0 Å². The standard InChI is InChI=1S/C22H22N6O/c1-3-18-20-19(14-4-6-15(7-5-14)27-11-10-25-13(27)2)17(12-23)21(24)29-22(20)28(26-18)16-8-9-16/h4-7,10-11,16,19H,3,8-9,24H2,1-2H3. The quantitative estimate of drug-likeness (QED) is 0.741. The summed E-state index contributed by atoms with van der Waals surface area (Å²) in [6.07, 6.45) is 6.68. The van der Waals surface area contributed by atoms with Crippen LogP contribution in [0.4, 0.5) is 0 Å². The molecule has 0 saturated heterocycles. The predicted molar refractivity (Wildman–Crippen MR) is 107 cm³/mol. The number of rotatable bonds is 4. The van der Waals surface area contributed by atoms with Crippen molar-refractivity contribution in [2.45, 2.75) is 45.1 Å². The molecular formula is C22H22N6O. The zero-order chi connectivity index (χ0) is 20.1. The van der Waals surface area contributed by atoms with E-state index in [1.807, 2.05) is 46.6 Å². The molecule has 0 bridgehead atoms. The molecule has 5 rings (SSSR count). The van der Waals surface area contributed by atoms with E-state index in [9.17, 15) is 5.26 Å². The molecule has 1 aromatic carbocycles. The molecule has 7 heteroatoms. The van der Waals surface area contributed by atoms with Crippen molar-refractivity contribution in [3.8, 4) is 17.6 Å². The number of nitriles is 1. The lowest BCUT2D eigenvalue weighted by atomic mass is 9.83. The highest BCUT2D eigenvalue weighted by molar-refractivity contribution is 5.56. The topological polar surface area (TPSA) is 94.7 Å². The van der Waals surface area contributed by atoms with Gasteiger partial charge in [-0.2, -0.15) is 10.4 Å². The van der Waals surface area contributed by atoms with Gasteiger partial charge in [-0.05, 0) is 43.9 Å². The van der Waals surface area contributed by atoms with Crippen LogP contribution >= 0.6 is 0 Å². The Morgan fingerprint density at radius 3 is 2.62 bits per heavy atom. The van der Waals surface area contributed by atoms with Crippen LogP contribution in [0.15, 0.2) is 48.1 Å². The van der Waals surface area contributed by atoms with Gasteiger partial charge < -0.3 is 15.0 Å². The van der Waals surface area contributed by atoms with Gasteiger partial charge in [0.15, 0.2) is 0 Å². The Kier molecular flexibility index (Phi) is 3.95. The number of nitrogens with two attached hydrogens (primary N) is 1. The lowest BCUT2D eigenvalue weighted by molar-refractivity contribution is 0.347. The smallest absolute Gasteiger partial charge is 0.224 e. The number of aryl methyl sites for hydroxylation is 2. The molecular weight excluding hydrogens is 364 g/mol. The monoisotopic (exact) mass is 386 g/mol. The summed E-state index contributed by atoms with van der Waals surface area (Å²) >= 11 is 0. The van der Waals surface area contributed by atoms with Crippen molar-refractivity contribution in [2.24, 2.45) is 5.73 Å². The van der Waals surface area contributed by atoms with Crippen LogP contribution < -0.4 is 10.5 Å². The van der Waals surface area contributed by atoms with Crippen molar-refractivity contribution in [1.29, 1.82) is 5.26 Å². The van der Waals surface area contributed by atoms with Crippen molar-refractivity contribution in [2.75, 3.05) is 0 Å². The Labute approximate surface area is 169 Å². The molecule has 146 valence electrons. The van der Waals surface area contributed by atoms with Gasteiger partial charge in [0.05, 0.1) is 23.2 Å². The first-order chi connectivity index (χ1) is 14.1. The van der Waals surface area contributed by atoms with Gasteiger partial charge in [-0.15, -0.1) is 0 Å². The van der Waals surface area contributed by atoms with Crippen molar-refractivity contribution in [3.63, 3.8) is 0 Å². The minimum absolute atomic E-state index is 0.170. The molecule has 1 atom stereocenters. The largest absolute Gasteiger partial charge is 0.422 e. The first-order valence-corrected chi connectivity index (χ1v) is 9.91. The van der Waals surface area contributed by atoms with Gasteiger partial charge in [-0.25, -0.2) is 9.67 Å². The van der Waals surface area contributed by atoms with E-state index < -0.39 is 0 Å². The van der Waals surface area contributed by atoms with Gasteiger partial charge in [0, 0.05) is 18.1 Å². The molecule has 1 aliphatic carbocycles. The molecule has 0 spiro atoms. The van der Waals surface area contributed by atoms with Crippen molar-refractivity contribution in [1.82, 2.24) is 19.3 Å². The average molecular weight is 386 g/mol. The Morgan fingerprint density at radius 1 is 1.28 bits per heavy atom. The third-order valence-electron chi connectivity index (χ3n) is 5.71. The van der Waals surface area contributed by atoms with Crippen molar-refractivity contribution in [3.05, 3.63) is 70.8 Å². The zero-order valence-electron chi connectivity index (χ0n) is 16.5. The van der Waals surface area contributed by atoms with E-state index in [1.54, 1.807) is 6.20 Å². The van der Waals surface area contributed by atoms with Gasteiger partial charge in [0.1, 0.15) is 17.5 Å². The molecule has 7 nitrogen and oxygen atoms in total. The molecule has 3 aromatic rings. The Morgan fingerprint density at radius 2 is 2.03 bits per heavy atom. The summed E-state index contributed by atoms with van der Waals surface area (Å²) < 4.78 is 9.91. The lowest BCUT2D eigenvalue weighted by Gasteiger charge is -2.25. The van der Waals surface area contributed by atoms with E-state index in [-0.39, 0.29) is 11.8 Å². The minimum atomic E-state index is -0.274. The van der Waals surface area contributed by atoms with Gasteiger partial charge >= 0.3 is 0 Å². The van der Waals surface area contributed by atoms with Crippen LogP contribution in [0.5, 0.6) is 5.88 Å². The number of aromatic nitrogens is 4. The summed E-state index contributed by atoms with van der Waals surface area (Å²) in [5.74, 6) is 1.51. The maximum Gasteiger partial charge on any atom is 0.224 e. The van der Waals surface area contributed by atoms with Crippen LogP contribution in [0, 0.1) is 18.3 Å². The second-order valence-corrected chi connectivity index (χ2v) is 7.56. The fourth-order valence-electron chi connectivity index (χ4n) is 4.07. The van der Waals surface area contributed by atoms with E-state index in [4.69, 9.17) is 15.6 Å². The van der Waals surface area contributed by atoms with Crippen LogP contribution in [0.2, 0.25) is 0 Å². The molecule has 1 aliphatic heterocycles. The Hall–Kier alpha value is -3.53. The Bertz CT molecular complexity index is 1160. The first-order valence-electron chi connectivity index (χ1n) is 9.91. The summed E-state index contributed by atoms with van der Waals surface area (Å²) in [7, 11) is 0. The van der Waals surface area contributed by atoms with E-state index in [0.717, 1.165) is 47.6 Å². The van der Waals surface area contributed by atoms with Crippen LogP contribution in [-0.2, 0) is 6.42 Å². The van der Waals surface area contributed by atoms with E-state index in [0.29, 0.717) is 17.5 Å². The fraction of sp³-hybridized carbons (Fsp3) is 0.318. The molecule has 29 heavy (non-hydrogen) atoms. The van der Waals surface area contributed by atoms with Crippen molar-refractivity contribution < 1.29 is 4.74 Å². The van der Waals surface area contributed by atoms with Gasteiger partial charge in [-0.1, -0.05) is 19.1 Å². The number of hydrogen-bond acceptors (Lipinski definition) is 5. The number of imidazole rings is 1. The summed E-state index contributed by atoms with van der Waals surface area (Å²) in [4.78, 5) is 4.29. The molecule has 3 heterocycles. The minimum Gasteiger partial charge on any atom is -0.422 e. The molecule has 1 saturated carbocycles. The number of nitrogens with zero attached hydrogens (tertiary/aromatic N) is 5. The molecule has 0 radical (unpaired) electrons. The number of allylic oxidation sites excluding steroid dienone is 1. The summed E-state index contributed by atoms with van der Waals surface area (Å²) in [6, 6.07) is 10.8. The van der Waals surface area contributed by atoms with Crippen LogP contribution in [0.25, 0.3) is 5.69 Å². The maximum absolute atomic E-state index is 9.84. The third kappa shape index (κ3) is 2.71.